The van der Waals surface area contributed by atoms with Crippen LogP contribution in [0.5, 0.6) is 0 Å². The van der Waals surface area contributed by atoms with E-state index in [0.29, 0.717) is 19.3 Å². The van der Waals surface area contributed by atoms with E-state index in [0.717, 1.165) is 37.1 Å². The zero-order valence-corrected chi connectivity index (χ0v) is 19.0. The van der Waals surface area contributed by atoms with Gasteiger partial charge in [-0.2, -0.15) is 0 Å². The molecule has 1 amide bonds. The van der Waals surface area contributed by atoms with E-state index in [2.05, 4.69) is 74.1 Å². The molecule has 1 heterocycles. The normalized spacial score (nSPS) is 15.6. The fourth-order valence-corrected chi connectivity index (χ4v) is 4.19. The van der Waals surface area contributed by atoms with Crippen LogP contribution in [0.25, 0.3) is 0 Å². The summed E-state index contributed by atoms with van der Waals surface area (Å²) in [7, 11) is 1.39. The van der Waals surface area contributed by atoms with Crippen molar-refractivity contribution < 1.29 is 14.3 Å². The Morgan fingerprint density at radius 1 is 0.900 bits per heavy atom. The van der Waals surface area contributed by atoms with E-state index in [1.165, 1.54) is 18.2 Å². The number of methoxy groups -OCH3 is 1. The summed E-state index contributed by atoms with van der Waals surface area (Å²) in [4.78, 5) is 28.2. The van der Waals surface area contributed by atoms with Crippen molar-refractivity contribution in [2.75, 3.05) is 33.3 Å². The van der Waals surface area contributed by atoms with Gasteiger partial charge in [-0.1, -0.05) is 58.4 Å². The van der Waals surface area contributed by atoms with Gasteiger partial charge < -0.3 is 9.64 Å². The first kappa shape index (κ1) is 22.5. The number of esters is 1. The number of ether oxygens (including phenoxy) is 1. The number of hydrogen-bond acceptors (Lipinski definition) is 4. The minimum Gasteiger partial charge on any atom is -0.469 e. The molecular formula is C24H29BrN2O3. The molecule has 0 saturated carbocycles. The molecule has 1 saturated heterocycles. The molecule has 6 heteroatoms. The largest absolute Gasteiger partial charge is 0.469 e. The summed E-state index contributed by atoms with van der Waals surface area (Å²) >= 11 is 3.52. The summed E-state index contributed by atoms with van der Waals surface area (Å²) in [6.45, 7) is 3.14. The molecule has 5 nitrogen and oxygen atoms in total. The van der Waals surface area contributed by atoms with Crippen LogP contribution in [0, 0.1) is 0 Å². The number of hydrogen-bond donors (Lipinski definition) is 0. The number of amides is 1. The van der Waals surface area contributed by atoms with Gasteiger partial charge in [0.2, 0.25) is 5.91 Å². The predicted octanol–water partition coefficient (Wildman–Crippen LogP) is 4.42. The van der Waals surface area contributed by atoms with Gasteiger partial charge in [0.1, 0.15) is 0 Å². The molecule has 1 atom stereocenters. The minimum absolute atomic E-state index is 0.177. The highest BCUT2D eigenvalue weighted by Gasteiger charge is 2.28. The Labute approximate surface area is 187 Å². The molecule has 0 aromatic heterocycles. The molecule has 0 N–H and O–H groups in total. The Bertz CT molecular complexity index is 818. The molecule has 160 valence electrons. The van der Waals surface area contributed by atoms with Crippen LogP contribution in [0.2, 0.25) is 0 Å². The van der Waals surface area contributed by atoms with Gasteiger partial charge in [-0.05, 0) is 36.1 Å². The summed E-state index contributed by atoms with van der Waals surface area (Å²) in [5.41, 5.74) is 2.52. The number of rotatable bonds is 8. The molecule has 30 heavy (non-hydrogen) atoms. The van der Waals surface area contributed by atoms with E-state index in [1.54, 1.807) is 0 Å². The summed E-state index contributed by atoms with van der Waals surface area (Å²) in [6.07, 6.45) is 2.28. The average molecular weight is 473 g/mol. The highest BCUT2D eigenvalue weighted by molar-refractivity contribution is 9.10. The third-order valence-corrected chi connectivity index (χ3v) is 6.11. The van der Waals surface area contributed by atoms with Crippen LogP contribution >= 0.6 is 15.9 Å². The van der Waals surface area contributed by atoms with Gasteiger partial charge in [-0.15, -0.1) is 0 Å². The number of piperazine rings is 1. The fraction of sp³-hybridized carbons (Fsp3) is 0.417. The van der Waals surface area contributed by atoms with E-state index >= 15 is 0 Å². The molecule has 2 aromatic carbocycles. The molecule has 1 aliphatic heterocycles. The van der Waals surface area contributed by atoms with Crippen molar-refractivity contribution in [2.45, 2.75) is 31.7 Å². The zero-order chi connectivity index (χ0) is 21.3. The van der Waals surface area contributed by atoms with Crippen molar-refractivity contribution in [1.29, 1.82) is 0 Å². The van der Waals surface area contributed by atoms with Crippen LogP contribution in [0.3, 0.4) is 0 Å². The first-order valence-electron chi connectivity index (χ1n) is 10.5. The van der Waals surface area contributed by atoms with Crippen molar-refractivity contribution in [3.63, 3.8) is 0 Å². The Hall–Kier alpha value is -2.18. The third-order valence-electron chi connectivity index (χ3n) is 5.58. The second kappa shape index (κ2) is 11.3. The standard InChI is InChI=1S/C24H29BrN2O3/c1-30-23(29)10-6-5-9-22(28)26-15-17-27(18-16-26)24(19-7-3-2-4-8-19)20-11-13-21(25)14-12-20/h2-4,7-8,11-14,24H,5-6,9-10,15-18H2,1H3. The number of unbranched alkanes of at least 4 members (excludes halogenated alkanes) is 1. The minimum atomic E-state index is -0.212. The number of benzene rings is 2. The average Bonchev–Trinajstić information content (AvgIpc) is 2.79. The van der Waals surface area contributed by atoms with Crippen molar-refractivity contribution in [2.24, 2.45) is 0 Å². The second-order valence-electron chi connectivity index (χ2n) is 7.56. The van der Waals surface area contributed by atoms with E-state index in [-0.39, 0.29) is 17.9 Å². The molecule has 2 aromatic rings. The first-order valence-corrected chi connectivity index (χ1v) is 11.3. The number of halogens is 1. The van der Waals surface area contributed by atoms with Crippen molar-refractivity contribution >= 4 is 27.8 Å². The zero-order valence-electron chi connectivity index (χ0n) is 17.4. The molecule has 0 aliphatic carbocycles. The Balaban J connectivity index is 1.59. The summed E-state index contributed by atoms with van der Waals surface area (Å²) < 4.78 is 5.71. The third kappa shape index (κ3) is 6.16. The summed E-state index contributed by atoms with van der Waals surface area (Å²) in [6, 6.07) is 19.2. The van der Waals surface area contributed by atoms with E-state index in [1.807, 2.05) is 11.0 Å². The Kier molecular flexibility index (Phi) is 8.46. The molecule has 0 radical (unpaired) electrons. The molecule has 3 rings (SSSR count). The SMILES string of the molecule is COC(=O)CCCCC(=O)N1CCN(C(c2ccccc2)c2ccc(Br)cc2)CC1. The molecule has 0 spiro atoms. The monoisotopic (exact) mass is 472 g/mol. The lowest BCUT2D eigenvalue weighted by molar-refractivity contribution is -0.141. The van der Waals surface area contributed by atoms with Crippen LogP contribution in [0.1, 0.15) is 42.9 Å². The topological polar surface area (TPSA) is 49.9 Å². The van der Waals surface area contributed by atoms with Gasteiger partial charge in [0, 0.05) is 43.5 Å². The molecular weight excluding hydrogens is 444 g/mol. The van der Waals surface area contributed by atoms with Crippen LogP contribution in [0.15, 0.2) is 59.1 Å². The van der Waals surface area contributed by atoms with Crippen molar-refractivity contribution in [3.05, 3.63) is 70.2 Å². The maximum Gasteiger partial charge on any atom is 0.305 e. The smallest absolute Gasteiger partial charge is 0.305 e. The Morgan fingerprint density at radius 2 is 1.50 bits per heavy atom. The van der Waals surface area contributed by atoms with Gasteiger partial charge in [0.05, 0.1) is 13.2 Å². The number of carbonyl (C=O) groups is 2. The predicted molar refractivity (Wildman–Crippen MR) is 121 cm³/mol. The van der Waals surface area contributed by atoms with E-state index in [4.69, 9.17) is 0 Å². The van der Waals surface area contributed by atoms with E-state index in [9.17, 15) is 9.59 Å². The van der Waals surface area contributed by atoms with Gasteiger partial charge in [-0.3, -0.25) is 14.5 Å². The van der Waals surface area contributed by atoms with Gasteiger partial charge in [0.25, 0.3) is 0 Å². The molecule has 0 bridgehead atoms. The van der Waals surface area contributed by atoms with Crippen LogP contribution in [0.4, 0.5) is 0 Å². The summed E-state index contributed by atoms with van der Waals surface area (Å²) in [5.74, 6) is -0.0321. The van der Waals surface area contributed by atoms with E-state index < -0.39 is 0 Å². The van der Waals surface area contributed by atoms with Crippen LogP contribution in [-0.4, -0.2) is 55.0 Å². The second-order valence-corrected chi connectivity index (χ2v) is 8.48. The maximum absolute atomic E-state index is 12.6. The molecule has 1 aliphatic rings. The van der Waals surface area contributed by atoms with Crippen LogP contribution in [-0.2, 0) is 14.3 Å². The number of carbonyl (C=O) groups excluding carboxylic acids is 2. The van der Waals surface area contributed by atoms with Crippen molar-refractivity contribution in [1.82, 2.24) is 9.80 Å². The Morgan fingerprint density at radius 3 is 2.13 bits per heavy atom. The van der Waals surface area contributed by atoms with Crippen molar-refractivity contribution in [3.8, 4) is 0 Å². The lowest BCUT2D eigenvalue weighted by Crippen LogP contribution is -2.49. The van der Waals surface area contributed by atoms with Gasteiger partial charge in [-0.25, -0.2) is 0 Å². The van der Waals surface area contributed by atoms with Gasteiger partial charge in [0.15, 0.2) is 0 Å². The lowest BCUT2D eigenvalue weighted by Gasteiger charge is -2.40. The summed E-state index contributed by atoms with van der Waals surface area (Å²) in [5, 5.41) is 0. The molecule has 1 fully saturated rings. The fourth-order valence-electron chi connectivity index (χ4n) is 3.93. The van der Waals surface area contributed by atoms with Gasteiger partial charge >= 0.3 is 5.97 Å². The highest BCUT2D eigenvalue weighted by Crippen LogP contribution is 2.30. The molecule has 1 unspecified atom stereocenters. The van der Waals surface area contributed by atoms with Crippen LogP contribution < -0.4 is 0 Å². The first-order chi connectivity index (χ1) is 14.6. The lowest BCUT2D eigenvalue weighted by atomic mass is 9.96. The highest BCUT2D eigenvalue weighted by atomic mass is 79.9. The maximum atomic E-state index is 12.6. The number of nitrogens with zero attached hydrogens (tertiary/aromatic N) is 2. The quantitative estimate of drug-likeness (QED) is 0.421.